The van der Waals surface area contributed by atoms with E-state index in [9.17, 15) is 28.7 Å². The molecule has 3 aromatic rings. The molecule has 1 saturated heterocycles. The van der Waals surface area contributed by atoms with Crippen LogP contribution in [0.2, 0.25) is 5.02 Å². The molecule has 0 spiro atoms. The highest BCUT2D eigenvalue weighted by atomic mass is 35.5. The van der Waals surface area contributed by atoms with Crippen molar-refractivity contribution in [2.75, 3.05) is 4.90 Å². The summed E-state index contributed by atoms with van der Waals surface area (Å²) in [4.78, 5) is 48.9. The van der Waals surface area contributed by atoms with Gasteiger partial charge in [0.15, 0.2) is 0 Å². The van der Waals surface area contributed by atoms with Crippen LogP contribution in [0.4, 0.5) is 14.9 Å². The number of anilines is 1. The lowest BCUT2D eigenvalue weighted by Gasteiger charge is -2.26. The first-order chi connectivity index (χ1) is 15.3. The number of halogens is 2. The van der Waals surface area contributed by atoms with Crippen LogP contribution in [-0.2, 0) is 9.59 Å². The number of imide groups is 2. The fourth-order valence-electron chi connectivity index (χ4n) is 3.07. The lowest BCUT2D eigenvalue weighted by atomic mass is 10.1. The molecular weight excluding hydrogens is 443 g/mol. The molecule has 1 aliphatic rings. The number of rotatable bonds is 4. The zero-order valence-electron chi connectivity index (χ0n) is 15.9. The van der Waals surface area contributed by atoms with Gasteiger partial charge in [-0.1, -0.05) is 29.8 Å². The molecule has 2 heterocycles. The Bertz CT molecular complexity index is 1330. The third-order valence-corrected chi connectivity index (χ3v) is 4.91. The quantitative estimate of drug-likeness (QED) is 0.479. The molecule has 0 saturated carbocycles. The minimum absolute atomic E-state index is 0.0382. The highest BCUT2D eigenvalue weighted by molar-refractivity contribution is 6.39. The fraction of sp³-hybridized carbons (Fsp3) is 0. The molecule has 0 unspecified atom stereocenters. The first-order valence-electron chi connectivity index (χ1n) is 9.03. The van der Waals surface area contributed by atoms with E-state index in [1.54, 1.807) is 0 Å². The molecule has 1 fully saturated rings. The van der Waals surface area contributed by atoms with Crippen LogP contribution in [0.5, 0.6) is 0 Å². The van der Waals surface area contributed by atoms with Gasteiger partial charge in [-0.05, 0) is 48.0 Å². The zero-order chi connectivity index (χ0) is 23.0. The van der Waals surface area contributed by atoms with Gasteiger partial charge in [-0.3, -0.25) is 14.9 Å². The molecule has 2 aromatic carbocycles. The maximum absolute atomic E-state index is 14.1. The highest BCUT2D eigenvalue weighted by Gasteiger charge is 2.38. The number of carbonyl (C=O) groups excluding carboxylic acids is 4. The number of hydrogen-bond acceptors (Lipinski definition) is 6. The van der Waals surface area contributed by atoms with E-state index in [2.05, 4.69) is 0 Å². The Morgan fingerprint density at radius 3 is 2.56 bits per heavy atom. The van der Waals surface area contributed by atoms with Gasteiger partial charge in [0.2, 0.25) is 0 Å². The Morgan fingerprint density at radius 2 is 1.84 bits per heavy atom. The molecule has 4 amide bonds. The number of carboxylic acids is 1. The minimum Gasteiger partial charge on any atom is -0.545 e. The Balaban J connectivity index is 1.71. The third-order valence-electron chi connectivity index (χ3n) is 4.58. The second-order valence-electron chi connectivity index (χ2n) is 6.59. The summed E-state index contributed by atoms with van der Waals surface area (Å²) in [7, 11) is 0. The monoisotopic (exact) mass is 453 g/mol. The predicted octanol–water partition coefficient (Wildman–Crippen LogP) is 2.77. The average Bonchev–Trinajstić information content (AvgIpc) is 3.21. The lowest BCUT2D eigenvalue weighted by Crippen LogP contribution is -2.54. The molecule has 1 N–H and O–H groups in total. The van der Waals surface area contributed by atoms with Gasteiger partial charge in [0.25, 0.3) is 11.8 Å². The Morgan fingerprint density at radius 1 is 1.09 bits per heavy atom. The summed E-state index contributed by atoms with van der Waals surface area (Å²) in [6.45, 7) is 0. The second kappa shape index (κ2) is 8.12. The van der Waals surface area contributed by atoms with Gasteiger partial charge in [0.1, 0.15) is 22.9 Å². The molecular formula is C22H11ClFN2O6-. The molecule has 4 rings (SSSR count). The Kier molecular flexibility index (Phi) is 5.33. The second-order valence-corrected chi connectivity index (χ2v) is 7.00. The van der Waals surface area contributed by atoms with Crippen LogP contribution in [0.15, 0.2) is 64.6 Å². The first kappa shape index (κ1) is 21.0. The number of furan rings is 1. The van der Waals surface area contributed by atoms with E-state index >= 15 is 0 Å². The summed E-state index contributed by atoms with van der Waals surface area (Å²) in [6.07, 6.45) is 1.08. The summed E-state index contributed by atoms with van der Waals surface area (Å²) < 4.78 is 19.7. The summed E-state index contributed by atoms with van der Waals surface area (Å²) >= 11 is 6.11. The van der Waals surface area contributed by atoms with Gasteiger partial charge in [-0.2, -0.15) is 0 Å². The molecule has 1 aliphatic heterocycles. The van der Waals surface area contributed by atoms with E-state index in [0.717, 1.165) is 12.1 Å². The average molecular weight is 454 g/mol. The highest BCUT2D eigenvalue weighted by Crippen LogP contribution is 2.31. The van der Waals surface area contributed by atoms with E-state index in [1.807, 2.05) is 5.32 Å². The first-order valence-corrected chi connectivity index (χ1v) is 9.41. The Labute approximate surface area is 184 Å². The molecule has 8 nitrogen and oxygen atoms in total. The number of aromatic carboxylic acids is 1. The van der Waals surface area contributed by atoms with E-state index in [0.29, 0.717) is 4.90 Å². The van der Waals surface area contributed by atoms with Crippen LogP contribution in [0.3, 0.4) is 0 Å². The number of hydrogen-bond donors (Lipinski definition) is 1. The van der Waals surface area contributed by atoms with E-state index < -0.39 is 35.2 Å². The molecule has 160 valence electrons. The normalized spacial score (nSPS) is 15.2. The number of nitrogens with one attached hydrogen (secondary N) is 1. The lowest BCUT2D eigenvalue weighted by molar-refractivity contribution is -0.255. The maximum atomic E-state index is 14.1. The van der Waals surface area contributed by atoms with Crippen molar-refractivity contribution in [2.24, 2.45) is 0 Å². The van der Waals surface area contributed by atoms with Gasteiger partial charge in [0, 0.05) is 5.56 Å². The van der Waals surface area contributed by atoms with Crippen LogP contribution in [0.1, 0.15) is 16.1 Å². The number of urea groups is 1. The van der Waals surface area contributed by atoms with Crippen molar-refractivity contribution in [3.8, 4) is 11.3 Å². The van der Waals surface area contributed by atoms with Crippen molar-refractivity contribution in [1.29, 1.82) is 0 Å². The van der Waals surface area contributed by atoms with Crippen molar-refractivity contribution < 1.29 is 33.1 Å². The van der Waals surface area contributed by atoms with Crippen LogP contribution in [0.25, 0.3) is 17.4 Å². The van der Waals surface area contributed by atoms with Crippen LogP contribution < -0.4 is 15.3 Å². The van der Waals surface area contributed by atoms with Crippen molar-refractivity contribution in [2.45, 2.75) is 0 Å². The summed E-state index contributed by atoms with van der Waals surface area (Å²) in [5.41, 5.74) is -0.662. The molecule has 0 radical (unpaired) electrons. The minimum atomic E-state index is -1.40. The number of benzene rings is 2. The number of carbonyl (C=O) groups is 4. The van der Waals surface area contributed by atoms with E-state index in [1.165, 1.54) is 48.5 Å². The SMILES string of the molecule is O=C1NC(=O)N(c2ccccc2F)C(=O)/C1=C/c1ccc(-c2cc(C(=O)[O-])ccc2Cl)o1. The smallest absolute Gasteiger partial charge is 0.336 e. The largest absolute Gasteiger partial charge is 0.545 e. The van der Waals surface area contributed by atoms with Crippen LogP contribution in [-0.4, -0.2) is 23.8 Å². The predicted molar refractivity (Wildman–Crippen MR) is 109 cm³/mol. The number of amides is 4. The third kappa shape index (κ3) is 3.77. The summed E-state index contributed by atoms with van der Waals surface area (Å²) in [5.74, 6) is -4.06. The van der Waals surface area contributed by atoms with Gasteiger partial charge in [-0.15, -0.1) is 0 Å². The molecule has 0 atom stereocenters. The van der Waals surface area contributed by atoms with Gasteiger partial charge in [0.05, 0.1) is 16.7 Å². The van der Waals surface area contributed by atoms with Gasteiger partial charge in [-0.25, -0.2) is 14.1 Å². The van der Waals surface area contributed by atoms with Crippen LogP contribution in [0, 0.1) is 5.82 Å². The van der Waals surface area contributed by atoms with Crippen LogP contribution >= 0.6 is 11.6 Å². The molecule has 0 aliphatic carbocycles. The Hall–Kier alpha value is -4.24. The maximum Gasteiger partial charge on any atom is 0.336 e. The standard InChI is InChI=1S/C22H12ClFN2O6/c23-15-7-5-11(21(29)30)9-13(15)18-8-6-12(32-18)10-14-19(27)25-22(31)26(20(14)28)17-4-2-1-3-16(17)24/h1-10H,(H,29,30)(H,25,27,31)/p-1/b14-10+. The molecule has 1 aromatic heterocycles. The molecule has 32 heavy (non-hydrogen) atoms. The summed E-state index contributed by atoms with van der Waals surface area (Å²) in [5, 5.41) is 13.3. The molecule has 0 bridgehead atoms. The number of nitrogens with zero attached hydrogens (tertiary/aromatic N) is 1. The van der Waals surface area contributed by atoms with Crippen molar-refractivity contribution in [3.05, 3.63) is 82.3 Å². The number of barbiturate groups is 1. The van der Waals surface area contributed by atoms with Crippen molar-refractivity contribution in [1.82, 2.24) is 5.32 Å². The van der Waals surface area contributed by atoms with Gasteiger partial charge < -0.3 is 14.3 Å². The fourth-order valence-corrected chi connectivity index (χ4v) is 3.28. The van der Waals surface area contributed by atoms with E-state index in [4.69, 9.17) is 16.0 Å². The topological polar surface area (TPSA) is 120 Å². The number of carboxylic acid groups (broad SMARTS) is 1. The van der Waals surface area contributed by atoms with Crippen molar-refractivity contribution in [3.63, 3.8) is 0 Å². The number of para-hydroxylation sites is 1. The summed E-state index contributed by atoms with van der Waals surface area (Å²) in [6, 6.07) is 10.8. The van der Waals surface area contributed by atoms with Gasteiger partial charge >= 0.3 is 6.03 Å². The molecule has 10 heteroatoms. The van der Waals surface area contributed by atoms with Crippen molar-refractivity contribution >= 4 is 47.2 Å². The zero-order valence-corrected chi connectivity index (χ0v) is 16.7. The van der Waals surface area contributed by atoms with E-state index in [-0.39, 0.29) is 33.4 Å².